The number of anilines is 1. The zero-order valence-electron chi connectivity index (χ0n) is 17.2. The van der Waals surface area contributed by atoms with Crippen molar-refractivity contribution in [1.29, 1.82) is 0 Å². The number of methoxy groups -OCH3 is 1. The van der Waals surface area contributed by atoms with Gasteiger partial charge in [-0.2, -0.15) is 5.10 Å². The molecule has 0 fully saturated rings. The van der Waals surface area contributed by atoms with E-state index in [9.17, 15) is 4.79 Å². The lowest BCUT2D eigenvalue weighted by Gasteiger charge is -2.06. The highest BCUT2D eigenvalue weighted by Crippen LogP contribution is 2.20. The molecular weight excluding hydrogens is 394 g/mol. The van der Waals surface area contributed by atoms with Crippen LogP contribution in [0.2, 0.25) is 0 Å². The first-order valence-corrected chi connectivity index (χ1v) is 9.93. The van der Waals surface area contributed by atoms with Crippen molar-refractivity contribution in [3.05, 3.63) is 96.2 Å². The SMILES string of the molecule is COc1cccc(OCc2ccc(C(=O)Nc3cnn(CCc4ccccc4)c3)o2)c1. The van der Waals surface area contributed by atoms with Gasteiger partial charge >= 0.3 is 0 Å². The number of benzene rings is 2. The Bertz CT molecular complexity index is 1130. The van der Waals surface area contributed by atoms with Gasteiger partial charge in [0.05, 0.1) is 19.0 Å². The molecule has 1 amide bonds. The van der Waals surface area contributed by atoms with Crippen LogP contribution in [-0.4, -0.2) is 22.8 Å². The minimum absolute atomic E-state index is 0.206. The van der Waals surface area contributed by atoms with Crippen LogP contribution in [-0.2, 0) is 19.6 Å². The highest BCUT2D eigenvalue weighted by molar-refractivity contribution is 6.02. The fourth-order valence-corrected chi connectivity index (χ4v) is 3.05. The van der Waals surface area contributed by atoms with E-state index in [1.165, 1.54) is 5.56 Å². The second-order valence-electron chi connectivity index (χ2n) is 6.92. The van der Waals surface area contributed by atoms with Gasteiger partial charge in [0.15, 0.2) is 5.76 Å². The number of furan rings is 1. The topological polar surface area (TPSA) is 78.5 Å². The second-order valence-corrected chi connectivity index (χ2v) is 6.92. The highest BCUT2D eigenvalue weighted by atomic mass is 16.5. The van der Waals surface area contributed by atoms with Gasteiger partial charge in [-0.3, -0.25) is 9.48 Å². The van der Waals surface area contributed by atoms with Gasteiger partial charge in [0, 0.05) is 18.8 Å². The maximum Gasteiger partial charge on any atom is 0.291 e. The van der Waals surface area contributed by atoms with E-state index in [1.54, 1.807) is 42.4 Å². The van der Waals surface area contributed by atoms with Crippen molar-refractivity contribution in [3.8, 4) is 11.5 Å². The summed E-state index contributed by atoms with van der Waals surface area (Å²) in [6.45, 7) is 0.935. The Labute approximate surface area is 180 Å². The molecule has 0 radical (unpaired) electrons. The fraction of sp³-hybridized carbons (Fsp3) is 0.167. The molecule has 1 N–H and O–H groups in total. The standard InChI is InChI=1S/C24H23N3O4/c1-29-20-8-5-9-21(14-20)30-17-22-10-11-23(31-22)24(28)26-19-15-25-27(16-19)13-12-18-6-3-2-4-7-18/h2-11,14-16H,12-13,17H2,1H3,(H,26,28). The van der Waals surface area contributed by atoms with Gasteiger partial charge in [-0.25, -0.2) is 0 Å². The summed E-state index contributed by atoms with van der Waals surface area (Å²) in [6, 6.07) is 20.8. The van der Waals surface area contributed by atoms with Crippen LogP contribution >= 0.6 is 0 Å². The molecule has 0 aliphatic rings. The van der Waals surface area contributed by atoms with Gasteiger partial charge in [0.2, 0.25) is 0 Å². The third-order valence-corrected chi connectivity index (χ3v) is 4.67. The first-order chi connectivity index (χ1) is 15.2. The number of hydrogen-bond donors (Lipinski definition) is 1. The van der Waals surface area contributed by atoms with Crippen LogP contribution in [0.1, 0.15) is 21.9 Å². The number of carbonyl (C=O) groups excluding carboxylic acids is 1. The summed E-state index contributed by atoms with van der Waals surface area (Å²) in [7, 11) is 1.60. The summed E-state index contributed by atoms with van der Waals surface area (Å²) >= 11 is 0. The number of ether oxygens (including phenoxy) is 2. The van der Waals surface area contributed by atoms with Crippen molar-refractivity contribution in [2.45, 2.75) is 19.6 Å². The zero-order chi connectivity index (χ0) is 21.5. The van der Waals surface area contributed by atoms with E-state index in [1.807, 2.05) is 36.4 Å². The van der Waals surface area contributed by atoms with E-state index in [2.05, 4.69) is 22.5 Å². The lowest BCUT2D eigenvalue weighted by atomic mass is 10.1. The Morgan fingerprint density at radius 3 is 2.74 bits per heavy atom. The molecule has 0 unspecified atom stereocenters. The van der Waals surface area contributed by atoms with E-state index in [0.717, 1.165) is 13.0 Å². The van der Waals surface area contributed by atoms with Gasteiger partial charge in [0.25, 0.3) is 5.91 Å². The van der Waals surface area contributed by atoms with Crippen LogP contribution in [0.4, 0.5) is 5.69 Å². The van der Waals surface area contributed by atoms with Crippen molar-refractivity contribution in [2.24, 2.45) is 0 Å². The first kappa shape index (κ1) is 20.3. The number of nitrogens with one attached hydrogen (secondary N) is 1. The molecule has 0 saturated carbocycles. The lowest BCUT2D eigenvalue weighted by Crippen LogP contribution is -2.10. The minimum atomic E-state index is -0.338. The Morgan fingerprint density at radius 1 is 1.06 bits per heavy atom. The van der Waals surface area contributed by atoms with E-state index < -0.39 is 0 Å². The molecule has 4 aromatic rings. The largest absolute Gasteiger partial charge is 0.497 e. The molecule has 2 aromatic heterocycles. The van der Waals surface area contributed by atoms with Crippen LogP contribution in [0.5, 0.6) is 11.5 Å². The molecule has 2 heterocycles. The predicted octanol–water partition coefficient (Wildman–Crippen LogP) is 4.56. The van der Waals surface area contributed by atoms with E-state index >= 15 is 0 Å². The molecule has 0 atom stereocenters. The fourth-order valence-electron chi connectivity index (χ4n) is 3.05. The maximum absolute atomic E-state index is 12.5. The van der Waals surface area contributed by atoms with Gasteiger partial charge < -0.3 is 19.2 Å². The van der Waals surface area contributed by atoms with Crippen LogP contribution < -0.4 is 14.8 Å². The average Bonchev–Trinajstić information content (AvgIpc) is 3.47. The van der Waals surface area contributed by atoms with Crippen molar-refractivity contribution in [1.82, 2.24) is 9.78 Å². The zero-order valence-corrected chi connectivity index (χ0v) is 17.2. The number of aryl methyl sites for hydroxylation is 2. The molecule has 0 saturated heterocycles. The highest BCUT2D eigenvalue weighted by Gasteiger charge is 2.13. The molecule has 7 heteroatoms. The van der Waals surface area contributed by atoms with Gasteiger partial charge in [-0.1, -0.05) is 36.4 Å². The summed E-state index contributed by atoms with van der Waals surface area (Å²) < 4.78 is 18.3. The van der Waals surface area contributed by atoms with Crippen LogP contribution in [0.15, 0.2) is 83.5 Å². The number of nitrogens with zero attached hydrogens (tertiary/aromatic N) is 2. The number of amides is 1. The molecule has 7 nitrogen and oxygen atoms in total. The Kier molecular flexibility index (Phi) is 6.32. The summed E-state index contributed by atoms with van der Waals surface area (Å²) in [4.78, 5) is 12.5. The molecule has 0 aliphatic carbocycles. The van der Waals surface area contributed by atoms with Crippen molar-refractivity contribution in [2.75, 3.05) is 12.4 Å². The molecule has 31 heavy (non-hydrogen) atoms. The second kappa shape index (κ2) is 9.67. The number of hydrogen-bond acceptors (Lipinski definition) is 5. The average molecular weight is 417 g/mol. The van der Waals surface area contributed by atoms with Crippen LogP contribution in [0, 0.1) is 0 Å². The summed E-state index contributed by atoms with van der Waals surface area (Å²) in [5.74, 6) is 1.79. The molecular formula is C24H23N3O4. The van der Waals surface area contributed by atoms with E-state index in [-0.39, 0.29) is 18.3 Å². The van der Waals surface area contributed by atoms with Gasteiger partial charge in [-0.05, 0) is 36.2 Å². The Hall–Kier alpha value is -4.00. The van der Waals surface area contributed by atoms with Gasteiger partial charge in [0.1, 0.15) is 23.9 Å². The van der Waals surface area contributed by atoms with E-state index in [0.29, 0.717) is 22.9 Å². The minimum Gasteiger partial charge on any atom is -0.497 e. The first-order valence-electron chi connectivity index (χ1n) is 9.93. The third kappa shape index (κ3) is 5.54. The number of carbonyl (C=O) groups is 1. The molecule has 0 spiro atoms. The molecule has 158 valence electrons. The predicted molar refractivity (Wildman–Crippen MR) is 116 cm³/mol. The van der Waals surface area contributed by atoms with Crippen molar-refractivity contribution < 1.29 is 18.7 Å². The molecule has 0 aliphatic heterocycles. The molecule has 4 rings (SSSR count). The number of rotatable bonds is 9. The molecule has 0 bridgehead atoms. The van der Waals surface area contributed by atoms with Gasteiger partial charge in [-0.15, -0.1) is 0 Å². The maximum atomic E-state index is 12.5. The quantitative estimate of drug-likeness (QED) is 0.432. The van der Waals surface area contributed by atoms with Crippen LogP contribution in [0.25, 0.3) is 0 Å². The van der Waals surface area contributed by atoms with Crippen LogP contribution in [0.3, 0.4) is 0 Å². The lowest BCUT2D eigenvalue weighted by molar-refractivity contribution is 0.0992. The Morgan fingerprint density at radius 2 is 1.90 bits per heavy atom. The summed E-state index contributed by atoms with van der Waals surface area (Å²) in [6.07, 6.45) is 4.29. The smallest absolute Gasteiger partial charge is 0.291 e. The van der Waals surface area contributed by atoms with Crippen molar-refractivity contribution in [3.63, 3.8) is 0 Å². The normalized spacial score (nSPS) is 10.6. The third-order valence-electron chi connectivity index (χ3n) is 4.67. The monoisotopic (exact) mass is 417 g/mol. The van der Waals surface area contributed by atoms with Crippen molar-refractivity contribution >= 4 is 11.6 Å². The molecule has 2 aromatic carbocycles. The summed E-state index contributed by atoms with van der Waals surface area (Å²) in [5.41, 5.74) is 1.85. The Balaban J connectivity index is 1.29. The number of aromatic nitrogens is 2. The van der Waals surface area contributed by atoms with E-state index in [4.69, 9.17) is 13.9 Å². The summed E-state index contributed by atoms with van der Waals surface area (Å²) in [5, 5.41) is 7.11.